The van der Waals surface area contributed by atoms with Gasteiger partial charge in [-0.15, -0.1) is 11.3 Å². The molecule has 2 aromatic rings. The molecule has 0 saturated heterocycles. The Hall–Kier alpha value is -0.210. The average molecular weight is 423 g/mol. The van der Waals surface area contributed by atoms with Crippen molar-refractivity contribution >= 4 is 43.2 Å². The number of hydrogen-bond donors (Lipinski definition) is 1. The van der Waals surface area contributed by atoms with Crippen molar-refractivity contribution < 1.29 is 5.11 Å². The molecule has 0 aromatic carbocycles. The van der Waals surface area contributed by atoms with Crippen molar-refractivity contribution in [2.45, 2.75) is 19.6 Å². The van der Waals surface area contributed by atoms with Crippen LogP contribution < -0.4 is 0 Å². The van der Waals surface area contributed by atoms with Crippen LogP contribution in [0.4, 0.5) is 0 Å². The van der Waals surface area contributed by atoms with E-state index in [1.165, 1.54) is 0 Å². The molecule has 2 heterocycles. The van der Waals surface area contributed by atoms with E-state index in [1.807, 2.05) is 31.8 Å². The third-order valence-electron chi connectivity index (χ3n) is 3.00. The topological polar surface area (TPSA) is 41.3 Å². The molecule has 0 amide bonds. The lowest BCUT2D eigenvalue weighted by Crippen LogP contribution is -2.21. The van der Waals surface area contributed by atoms with Crippen molar-refractivity contribution in [3.05, 3.63) is 36.7 Å². The molecule has 0 saturated carbocycles. The zero-order chi connectivity index (χ0) is 14.9. The number of rotatable bonds is 5. The standard InChI is InChI=1S/C13H17Br2N3OS/c1-8-6-10(20-13(8)15)12(19)11-9(14)7-16-18(11)5-4-17(2)3/h6-7,12,19H,4-5H2,1-3H3. The number of hydrogen-bond acceptors (Lipinski definition) is 4. The van der Waals surface area contributed by atoms with Gasteiger partial charge in [-0.25, -0.2) is 0 Å². The summed E-state index contributed by atoms with van der Waals surface area (Å²) in [4.78, 5) is 3.01. The fraction of sp³-hybridized carbons (Fsp3) is 0.462. The van der Waals surface area contributed by atoms with E-state index in [9.17, 15) is 5.11 Å². The Morgan fingerprint density at radius 2 is 2.15 bits per heavy atom. The van der Waals surface area contributed by atoms with Gasteiger partial charge in [-0.2, -0.15) is 5.10 Å². The van der Waals surface area contributed by atoms with Crippen molar-refractivity contribution in [2.24, 2.45) is 0 Å². The van der Waals surface area contributed by atoms with Gasteiger partial charge in [0.25, 0.3) is 0 Å². The number of aliphatic hydroxyl groups is 1. The Labute approximate surface area is 139 Å². The molecule has 0 aliphatic rings. The highest BCUT2D eigenvalue weighted by Crippen LogP contribution is 2.36. The van der Waals surface area contributed by atoms with Gasteiger partial charge in [0.15, 0.2) is 0 Å². The van der Waals surface area contributed by atoms with Crippen LogP contribution in [0, 0.1) is 6.92 Å². The number of thiophene rings is 1. The van der Waals surface area contributed by atoms with Gasteiger partial charge in [0.1, 0.15) is 6.10 Å². The molecule has 0 aliphatic heterocycles. The number of aliphatic hydroxyl groups excluding tert-OH is 1. The summed E-state index contributed by atoms with van der Waals surface area (Å²) in [6.45, 7) is 3.65. The minimum Gasteiger partial charge on any atom is -0.381 e. The van der Waals surface area contributed by atoms with Crippen LogP contribution in [0.15, 0.2) is 20.5 Å². The Balaban J connectivity index is 2.29. The van der Waals surface area contributed by atoms with Crippen LogP contribution in [-0.2, 0) is 6.54 Å². The van der Waals surface area contributed by atoms with Gasteiger partial charge in [0.2, 0.25) is 0 Å². The first-order chi connectivity index (χ1) is 9.40. The second kappa shape index (κ2) is 6.70. The van der Waals surface area contributed by atoms with E-state index in [-0.39, 0.29) is 0 Å². The van der Waals surface area contributed by atoms with Crippen LogP contribution in [0.3, 0.4) is 0 Å². The Morgan fingerprint density at radius 3 is 2.70 bits per heavy atom. The molecule has 2 aromatic heterocycles. The first-order valence-electron chi connectivity index (χ1n) is 6.20. The molecule has 0 spiro atoms. The second-order valence-electron chi connectivity index (χ2n) is 4.91. The lowest BCUT2D eigenvalue weighted by molar-refractivity contribution is 0.208. The summed E-state index contributed by atoms with van der Waals surface area (Å²) < 4.78 is 3.76. The van der Waals surface area contributed by atoms with Crippen LogP contribution in [0.1, 0.15) is 22.2 Å². The summed E-state index contributed by atoms with van der Waals surface area (Å²) in [6, 6.07) is 2.01. The minimum absolute atomic E-state index is 0.663. The lowest BCUT2D eigenvalue weighted by Gasteiger charge is -2.15. The number of likely N-dealkylation sites (N-methyl/N-ethyl adjacent to an activating group) is 1. The van der Waals surface area contributed by atoms with Gasteiger partial charge in [-0.1, -0.05) is 0 Å². The molecule has 20 heavy (non-hydrogen) atoms. The van der Waals surface area contributed by atoms with Gasteiger partial charge < -0.3 is 10.0 Å². The van der Waals surface area contributed by atoms with Gasteiger partial charge in [-0.05, 0) is 64.5 Å². The van der Waals surface area contributed by atoms with Crippen LogP contribution >= 0.6 is 43.2 Å². The quantitative estimate of drug-likeness (QED) is 0.802. The predicted molar refractivity (Wildman–Crippen MR) is 89.3 cm³/mol. The highest BCUT2D eigenvalue weighted by molar-refractivity contribution is 9.11. The third kappa shape index (κ3) is 3.51. The number of aromatic nitrogens is 2. The molecule has 0 radical (unpaired) electrons. The summed E-state index contributed by atoms with van der Waals surface area (Å²) in [5, 5.41) is 15.0. The van der Waals surface area contributed by atoms with E-state index < -0.39 is 6.10 Å². The number of halogens is 2. The molecule has 0 bridgehead atoms. The van der Waals surface area contributed by atoms with Gasteiger partial charge in [0, 0.05) is 11.4 Å². The van der Waals surface area contributed by atoms with Crippen molar-refractivity contribution in [2.75, 3.05) is 20.6 Å². The third-order valence-corrected chi connectivity index (χ3v) is 5.80. The molecule has 1 N–H and O–H groups in total. The van der Waals surface area contributed by atoms with Gasteiger partial charge in [0.05, 0.1) is 26.7 Å². The van der Waals surface area contributed by atoms with E-state index in [0.29, 0.717) is 0 Å². The molecule has 0 fully saturated rings. The van der Waals surface area contributed by atoms with E-state index >= 15 is 0 Å². The molecule has 0 aliphatic carbocycles. The summed E-state index contributed by atoms with van der Waals surface area (Å²) >= 11 is 8.54. The minimum atomic E-state index is -0.663. The van der Waals surface area contributed by atoms with Crippen LogP contribution in [0.5, 0.6) is 0 Å². The SMILES string of the molecule is Cc1cc(C(O)c2c(Br)cnn2CCN(C)C)sc1Br. The Kier molecular flexibility index (Phi) is 5.42. The van der Waals surface area contributed by atoms with E-state index in [1.54, 1.807) is 17.5 Å². The molecule has 7 heteroatoms. The summed E-state index contributed by atoms with van der Waals surface area (Å²) in [5.41, 5.74) is 1.94. The molecule has 2 rings (SSSR count). The number of nitrogens with zero attached hydrogens (tertiary/aromatic N) is 3. The van der Waals surface area contributed by atoms with Crippen LogP contribution in [0.25, 0.3) is 0 Å². The monoisotopic (exact) mass is 421 g/mol. The smallest absolute Gasteiger partial charge is 0.131 e. The molecular weight excluding hydrogens is 406 g/mol. The summed E-state index contributed by atoms with van der Waals surface area (Å²) in [6.07, 6.45) is 1.08. The average Bonchev–Trinajstić information content (AvgIpc) is 2.90. The van der Waals surface area contributed by atoms with Crippen molar-refractivity contribution in [1.29, 1.82) is 0 Å². The fourth-order valence-electron chi connectivity index (χ4n) is 1.87. The van der Waals surface area contributed by atoms with Crippen molar-refractivity contribution in [1.82, 2.24) is 14.7 Å². The molecule has 1 unspecified atom stereocenters. The van der Waals surface area contributed by atoms with Gasteiger partial charge in [-0.3, -0.25) is 4.68 Å². The van der Waals surface area contributed by atoms with E-state index in [2.05, 4.69) is 41.9 Å². The Bertz CT molecular complexity index is 575. The van der Waals surface area contributed by atoms with Crippen molar-refractivity contribution in [3.8, 4) is 0 Å². The van der Waals surface area contributed by atoms with Crippen LogP contribution in [0.2, 0.25) is 0 Å². The van der Waals surface area contributed by atoms with Crippen LogP contribution in [-0.4, -0.2) is 40.4 Å². The van der Waals surface area contributed by atoms with Gasteiger partial charge >= 0.3 is 0 Å². The second-order valence-corrected chi connectivity index (χ2v) is 8.17. The fourth-order valence-corrected chi connectivity index (χ4v) is 3.94. The van der Waals surface area contributed by atoms with E-state index in [0.717, 1.165) is 37.5 Å². The summed E-state index contributed by atoms with van der Waals surface area (Å²) in [7, 11) is 4.04. The lowest BCUT2D eigenvalue weighted by atomic mass is 10.2. The molecule has 110 valence electrons. The number of aryl methyl sites for hydroxylation is 1. The zero-order valence-electron chi connectivity index (χ0n) is 11.6. The maximum atomic E-state index is 10.6. The molecule has 4 nitrogen and oxygen atoms in total. The highest BCUT2D eigenvalue weighted by Gasteiger charge is 2.22. The molecular formula is C13H17Br2N3OS. The maximum Gasteiger partial charge on any atom is 0.131 e. The highest BCUT2D eigenvalue weighted by atomic mass is 79.9. The summed E-state index contributed by atoms with van der Waals surface area (Å²) in [5.74, 6) is 0. The first-order valence-corrected chi connectivity index (χ1v) is 8.60. The predicted octanol–water partition coefficient (Wildman–Crippen LogP) is 3.42. The molecule has 1 atom stereocenters. The normalized spacial score (nSPS) is 13.2. The maximum absolute atomic E-state index is 10.6. The zero-order valence-corrected chi connectivity index (χ0v) is 15.6. The Morgan fingerprint density at radius 1 is 1.45 bits per heavy atom. The first kappa shape index (κ1) is 16.2. The van der Waals surface area contributed by atoms with Crippen molar-refractivity contribution in [3.63, 3.8) is 0 Å². The van der Waals surface area contributed by atoms with E-state index in [4.69, 9.17) is 0 Å². The largest absolute Gasteiger partial charge is 0.381 e.